The van der Waals surface area contributed by atoms with Crippen molar-refractivity contribution < 1.29 is 5.11 Å². The summed E-state index contributed by atoms with van der Waals surface area (Å²) in [5.74, 6) is 1.27. The summed E-state index contributed by atoms with van der Waals surface area (Å²) in [6.07, 6.45) is -0.132. The van der Waals surface area contributed by atoms with E-state index in [-0.39, 0.29) is 6.10 Å². The van der Waals surface area contributed by atoms with Gasteiger partial charge in [0.25, 0.3) is 0 Å². The Hall–Kier alpha value is 0.310. The molecule has 0 aliphatic carbocycles. The molecule has 1 nitrogen and oxygen atoms in total. The monoisotopic (exact) mass is 162 g/mol. The Bertz CT molecular complexity index is 81.3. The van der Waals surface area contributed by atoms with E-state index in [1.165, 1.54) is 0 Å². The molecule has 0 radical (unpaired) electrons. The number of rotatable bonds is 4. The largest absolute Gasteiger partial charge is 0.392 e. The lowest BCUT2D eigenvalue weighted by Gasteiger charge is -2.14. The van der Waals surface area contributed by atoms with Crippen molar-refractivity contribution in [3.8, 4) is 0 Å². The van der Waals surface area contributed by atoms with Crippen LogP contribution in [0.1, 0.15) is 27.7 Å². The van der Waals surface area contributed by atoms with Crippen molar-refractivity contribution in [2.24, 2.45) is 5.92 Å². The van der Waals surface area contributed by atoms with Crippen molar-refractivity contribution in [2.45, 2.75) is 39.0 Å². The molecule has 1 N–H and O–H groups in total. The number of aliphatic hydroxyl groups is 1. The molecule has 10 heavy (non-hydrogen) atoms. The van der Waals surface area contributed by atoms with Crippen molar-refractivity contribution in [2.75, 3.05) is 5.75 Å². The summed E-state index contributed by atoms with van der Waals surface area (Å²) in [4.78, 5) is 0. The molecule has 0 bridgehead atoms. The zero-order valence-electron chi connectivity index (χ0n) is 7.29. The molecule has 0 rings (SSSR count). The van der Waals surface area contributed by atoms with Crippen LogP contribution in [-0.2, 0) is 0 Å². The first-order valence-corrected chi connectivity index (χ1v) is 4.88. The predicted octanol–water partition coefficient (Wildman–Crippen LogP) is 2.14. The van der Waals surface area contributed by atoms with Crippen LogP contribution in [0.5, 0.6) is 0 Å². The SMILES string of the molecule is CC(C)SCC(O)C(C)C. The summed E-state index contributed by atoms with van der Waals surface area (Å²) in [5.41, 5.74) is 0. The third-order valence-electron chi connectivity index (χ3n) is 1.37. The average molecular weight is 162 g/mol. The Labute approximate surface area is 68.2 Å². The molecular weight excluding hydrogens is 144 g/mol. The number of hydrogen-bond acceptors (Lipinski definition) is 2. The van der Waals surface area contributed by atoms with Crippen molar-refractivity contribution >= 4 is 11.8 Å². The summed E-state index contributed by atoms with van der Waals surface area (Å²) in [5, 5.41) is 9.99. The van der Waals surface area contributed by atoms with E-state index in [9.17, 15) is 5.11 Å². The molecule has 0 amide bonds. The predicted molar refractivity (Wildman–Crippen MR) is 48.4 cm³/mol. The molecule has 0 saturated heterocycles. The summed E-state index contributed by atoms with van der Waals surface area (Å²) < 4.78 is 0. The maximum atomic E-state index is 9.35. The van der Waals surface area contributed by atoms with E-state index in [4.69, 9.17) is 0 Å². The highest BCUT2D eigenvalue weighted by molar-refractivity contribution is 7.99. The van der Waals surface area contributed by atoms with Gasteiger partial charge in [-0.1, -0.05) is 27.7 Å². The van der Waals surface area contributed by atoms with Gasteiger partial charge in [0.2, 0.25) is 0 Å². The minimum atomic E-state index is -0.132. The molecule has 2 heteroatoms. The minimum Gasteiger partial charge on any atom is -0.392 e. The Kier molecular flexibility index (Phi) is 5.18. The van der Waals surface area contributed by atoms with Gasteiger partial charge in [0.05, 0.1) is 6.10 Å². The average Bonchev–Trinajstić information content (AvgIpc) is 1.82. The molecule has 0 aliphatic heterocycles. The van der Waals surface area contributed by atoms with Crippen molar-refractivity contribution in [3.05, 3.63) is 0 Å². The molecule has 0 aliphatic rings. The van der Waals surface area contributed by atoms with Gasteiger partial charge >= 0.3 is 0 Å². The molecule has 0 aromatic heterocycles. The van der Waals surface area contributed by atoms with Gasteiger partial charge in [-0.15, -0.1) is 0 Å². The molecule has 1 unspecified atom stereocenters. The van der Waals surface area contributed by atoms with Crippen LogP contribution in [-0.4, -0.2) is 22.2 Å². The van der Waals surface area contributed by atoms with Crippen LogP contribution in [0.25, 0.3) is 0 Å². The van der Waals surface area contributed by atoms with Gasteiger partial charge in [-0.25, -0.2) is 0 Å². The quantitative estimate of drug-likeness (QED) is 0.683. The highest BCUT2D eigenvalue weighted by Crippen LogP contribution is 2.14. The van der Waals surface area contributed by atoms with Gasteiger partial charge in [-0.3, -0.25) is 0 Å². The van der Waals surface area contributed by atoms with Crippen LogP contribution in [0.2, 0.25) is 0 Å². The lowest BCUT2D eigenvalue weighted by molar-refractivity contribution is 0.149. The van der Waals surface area contributed by atoms with Crippen molar-refractivity contribution in [1.82, 2.24) is 0 Å². The van der Waals surface area contributed by atoms with Crippen molar-refractivity contribution in [3.63, 3.8) is 0 Å². The third kappa shape index (κ3) is 5.12. The standard InChI is InChI=1S/C8H18OS/c1-6(2)8(9)5-10-7(3)4/h6-9H,5H2,1-4H3. The lowest BCUT2D eigenvalue weighted by atomic mass is 10.1. The van der Waals surface area contributed by atoms with Crippen molar-refractivity contribution in [1.29, 1.82) is 0 Å². The van der Waals surface area contributed by atoms with Gasteiger partial charge in [0, 0.05) is 5.75 Å². The van der Waals surface area contributed by atoms with Gasteiger partial charge in [-0.2, -0.15) is 11.8 Å². The van der Waals surface area contributed by atoms with E-state index >= 15 is 0 Å². The van der Waals surface area contributed by atoms with Gasteiger partial charge in [-0.05, 0) is 11.2 Å². The Morgan fingerprint density at radius 1 is 1.20 bits per heavy atom. The van der Waals surface area contributed by atoms with E-state index in [0.717, 1.165) is 5.75 Å². The highest BCUT2D eigenvalue weighted by atomic mass is 32.2. The first-order valence-electron chi connectivity index (χ1n) is 3.83. The molecular formula is C8H18OS. The van der Waals surface area contributed by atoms with Crippen LogP contribution in [0, 0.1) is 5.92 Å². The number of thioether (sulfide) groups is 1. The molecule has 0 heterocycles. The Morgan fingerprint density at radius 3 is 2.00 bits per heavy atom. The van der Waals surface area contributed by atoms with E-state index in [0.29, 0.717) is 11.2 Å². The lowest BCUT2D eigenvalue weighted by Crippen LogP contribution is -2.18. The number of hydrogen-bond donors (Lipinski definition) is 1. The smallest absolute Gasteiger partial charge is 0.0653 e. The minimum absolute atomic E-state index is 0.132. The van der Waals surface area contributed by atoms with Gasteiger partial charge in [0.15, 0.2) is 0 Å². The van der Waals surface area contributed by atoms with E-state index in [1.54, 1.807) is 0 Å². The zero-order valence-corrected chi connectivity index (χ0v) is 8.11. The summed E-state index contributed by atoms with van der Waals surface area (Å²) >= 11 is 1.82. The highest BCUT2D eigenvalue weighted by Gasteiger charge is 2.09. The second kappa shape index (κ2) is 5.03. The van der Waals surface area contributed by atoms with E-state index in [1.807, 2.05) is 25.6 Å². The fraction of sp³-hybridized carbons (Fsp3) is 1.00. The normalized spacial score (nSPS) is 14.7. The second-order valence-corrected chi connectivity index (χ2v) is 4.80. The fourth-order valence-corrected chi connectivity index (χ4v) is 1.45. The van der Waals surface area contributed by atoms with Gasteiger partial charge < -0.3 is 5.11 Å². The molecule has 0 spiro atoms. The van der Waals surface area contributed by atoms with Crippen LogP contribution >= 0.6 is 11.8 Å². The van der Waals surface area contributed by atoms with Crippen LogP contribution in [0.15, 0.2) is 0 Å². The molecule has 0 aromatic carbocycles. The maximum absolute atomic E-state index is 9.35. The number of aliphatic hydroxyl groups excluding tert-OH is 1. The molecule has 0 aromatic rings. The third-order valence-corrected chi connectivity index (χ3v) is 2.57. The first-order chi connectivity index (χ1) is 4.54. The summed E-state index contributed by atoms with van der Waals surface area (Å²) in [6.45, 7) is 8.40. The molecule has 62 valence electrons. The van der Waals surface area contributed by atoms with E-state index < -0.39 is 0 Å². The first kappa shape index (κ1) is 10.3. The zero-order chi connectivity index (χ0) is 8.15. The summed E-state index contributed by atoms with van der Waals surface area (Å²) in [7, 11) is 0. The van der Waals surface area contributed by atoms with E-state index in [2.05, 4.69) is 13.8 Å². The molecule has 0 fully saturated rings. The van der Waals surface area contributed by atoms with Crippen LogP contribution in [0.3, 0.4) is 0 Å². The van der Waals surface area contributed by atoms with Crippen LogP contribution in [0.4, 0.5) is 0 Å². The van der Waals surface area contributed by atoms with Crippen LogP contribution < -0.4 is 0 Å². The topological polar surface area (TPSA) is 20.2 Å². The summed E-state index contributed by atoms with van der Waals surface area (Å²) in [6, 6.07) is 0. The van der Waals surface area contributed by atoms with Gasteiger partial charge in [0.1, 0.15) is 0 Å². The maximum Gasteiger partial charge on any atom is 0.0653 e. The molecule has 1 atom stereocenters. The fourth-order valence-electron chi connectivity index (χ4n) is 0.483. The second-order valence-electron chi connectivity index (χ2n) is 3.19. The molecule has 0 saturated carbocycles. The Morgan fingerprint density at radius 2 is 1.70 bits per heavy atom. The Balaban J connectivity index is 3.30.